The van der Waals surface area contributed by atoms with Crippen LogP contribution in [0.5, 0.6) is 17.2 Å². The van der Waals surface area contributed by atoms with Crippen LogP contribution in [0.4, 0.5) is 5.69 Å². The van der Waals surface area contributed by atoms with Crippen molar-refractivity contribution in [3.8, 4) is 28.4 Å². The molecule has 8 nitrogen and oxygen atoms in total. The van der Waals surface area contributed by atoms with Gasteiger partial charge in [-0.05, 0) is 65.7 Å². The first-order valence-electron chi connectivity index (χ1n) is 12.3. The lowest BCUT2D eigenvalue weighted by molar-refractivity contribution is 0.249. The SMILES string of the molecule is COc1ccc(CN2CCN(c3ccc(OS(=O)(=O)c4ccc(-c5ccoc5)cc4)cc3)CC2)cc1OC. The molecule has 0 atom stereocenters. The molecule has 1 aromatic heterocycles. The van der Waals surface area contributed by atoms with Crippen LogP contribution in [0.25, 0.3) is 11.1 Å². The average Bonchev–Trinajstić information content (AvgIpc) is 3.49. The van der Waals surface area contributed by atoms with Gasteiger partial charge in [-0.3, -0.25) is 4.90 Å². The number of hydrogen-bond donors (Lipinski definition) is 0. The van der Waals surface area contributed by atoms with Crippen molar-refractivity contribution >= 4 is 15.8 Å². The summed E-state index contributed by atoms with van der Waals surface area (Å²) in [5.74, 6) is 1.74. The molecule has 4 aromatic rings. The second-order valence-corrected chi connectivity index (χ2v) is 10.6. The number of rotatable bonds is 9. The monoisotopic (exact) mass is 534 g/mol. The van der Waals surface area contributed by atoms with Crippen LogP contribution in [0.3, 0.4) is 0 Å². The van der Waals surface area contributed by atoms with Crippen LogP contribution >= 0.6 is 0 Å². The summed E-state index contributed by atoms with van der Waals surface area (Å²) < 4.78 is 46.8. The molecule has 0 radical (unpaired) electrons. The number of furan rings is 1. The summed E-state index contributed by atoms with van der Waals surface area (Å²) in [5.41, 5.74) is 3.96. The molecule has 2 heterocycles. The zero-order chi connectivity index (χ0) is 26.5. The fourth-order valence-electron chi connectivity index (χ4n) is 4.53. The van der Waals surface area contributed by atoms with E-state index in [0.29, 0.717) is 0 Å². The minimum absolute atomic E-state index is 0.0967. The lowest BCUT2D eigenvalue weighted by atomic mass is 10.1. The summed E-state index contributed by atoms with van der Waals surface area (Å²) in [6, 6.07) is 21.6. The van der Waals surface area contributed by atoms with Crippen LogP contribution in [0.2, 0.25) is 0 Å². The fraction of sp³-hybridized carbons (Fsp3) is 0.241. The van der Waals surface area contributed by atoms with E-state index in [1.807, 2.05) is 30.3 Å². The number of piperazine rings is 1. The molecule has 0 amide bonds. The van der Waals surface area contributed by atoms with Crippen molar-refractivity contribution in [1.29, 1.82) is 0 Å². The summed E-state index contributed by atoms with van der Waals surface area (Å²) in [7, 11) is -0.663. The Balaban J connectivity index is 1.16. The van der Waals surface area contributed by atoms with Gasteiger partial charge in [0.15, 0.2) is 11.5 Å². The first kappa shape index (κ1) is 25.7. The quantitative estimate of drug-likeness (QED) is 0.276. The molecule has 3 aromatic carbocycles. The van der Waals surface area contributed by atoms with E-state index in [4.69, 9.17) is 18.1 Å². The summed E-state index contributed by atoms with van der Waals surface area (Å²) >= 11 is 0. The van der Waals surface area contributed by atoms with E-state index in [1.165, 1.54) is 17.7 Å². The highest BCUT2D eigenvalue weighted by Gasteiger charge is 2.20. The number of nitrogens with zero attached hydrogens (tertiary/aromatic N) is 2. The largest absolute Gasteiger partial charge is 0.493 e. The number of anilines is 1. The molecule has 38 heavy (non-hydrogen) atoms. The number of benzene rings is 3. The third-order valence-electron chi connectivity index (χ3n) is 6.63. The predicted octanol–water partition coefficient (Wildman–Crippen LogP) is 5.05. The Bertz CT molecular complexity index is 1440. The summed E-state index contributed by atoms with van der Waals surface area (Å²) in [6.07, 6.45) is 3.19. The molecule has 198 valence electrons. The lowest BCUT2D eigenvalue weighted by Crippen LogP contribution is -2.45. The fourth-order valence-corrected chi connectivity index (χ4v) is 5.46. The topological polar surface area (TPSA) is 81.5 Å². The van der Waals surface area contributed by atoms with Gasteiger partial charge in [0.2, 0.25) is 0 Å². The van der Waals surface area contributed by atoms with E-state index in [1.54, 1.807) is 51.0 Å². The van der Waals surface area contributed by atoms with Crippen LogP contribution in [0, 0.1) is 0 Å². The van der Waals surface area contributed by atoms with Crippen LogP contribution in [0.15, 0.2) is 94.6 Å². The minimum atomic E-state index is -3.94. The molecule has 0 aliphatic carbocycles. The number of methoxy groups -OCH3 is 2. The minimum Gasteiger partial charge on any atom is -0.493 e. The molecular formula is C29H30N2O6S. The molecular weight excluding hydrogens is 504 g/mol. The maximum atomic E-state index is 12.8. The van der Waals surface area contributed by atoms with Crippen LogP contribution in [-0.2, 0) is 16.7 Å². The van der Waals surface area contributed by atoms with Crippen molar-refractivity contribution in [2.45, 2.75) is 11.4 Å². The third kappa shape index (κ3) is 5.79. The van der Waals surface area contributed by atoms with Crippen LogP contribution in [-0.4, -0.2) is 53.7 Å². The van der Waals surface area contributed by atoms with Crippen molar-refractivity contribution < 1.29 is 26.5 Å². The molecule has 1 saturated heterocycles. The van der Waals surface area contributed by atoms with Gasteiger partial charge in [-0.2, -0.15) is 8.42 Å². The van der Waals surface area contributed by atoms with E-state index < -0.39 is 10.1 Å². The van der Waals surface area contributed by atoms with E-state index >= 15 is 0 Å². The first-order valence-corrected chi connectivity index (χ1v) is 13.7. The van der Waals surface area contributed by atoms with E-state index in [-0.39, 0.29) is 10.6 Å². The van der Waals surface area contributed by atoms with E-state index in [2.05, 4.69) is 15.9 Å². The number of hydrogen-bond acceptors (Lipinski definition) is 8. The first-order chi connectivity index (χ1) is 18.4. The van der Waals surface area contributed by atoms with Gasteiger partial charge in [-0.1, -0.05) is 18.2 Å². The zero-order valence-electron chi connectivity index (χ0n) is 21.4. The highest BCUT2D eigenvalue weighted by Crippen LogP contribution is 2.29. The Morgan fingerprint density at radius 1 is 0.789 bits per heavy atom. The second-order valence-electron chi connectivity index (χ2n) is 9.02. The molecule has 0 saturated carbocycles. The normalized spacial score (nSPS) is 14.3. The summed E-state index contributed by atoms with van der Waals surface area (Å²) in [5, 5.41) is 0. The van der Waals surface area contributed by atoms with Crippen molar-refractivity contribution in [3.63, 3.8) is 0 Å². The molecule has 1 fully saturated rings. The maximum Gasteiger partial charge on any atom is 0.339 e. The van der Waals surface area contributed by atoms with Crippen molar-refractivity contribution in [2.75, 3.05) is 45.3 Å². The molecule has 0 N–H and O–H groups in total. The third-order valence-corrected chi connectivity index (χ3v) is 7.89. The highest BCUT2D eigenvalue weighted by atomic mass is 32.2. The summed E-state index contributed by atoms with van der Waals surface area (Å²) in [6.45, 7) is 4.40. The number of ether oxygens (including phenoxy) is 2. The van der Waals surface area contributed by atoms with Gasteiger partial charge in [0.1, 0.15) is 10.6 Å². The van der Waals surface area contributed by atoms with Gasteiger partial charge in [-0.25, -0.2) is 0 Å². The van der Waals surface area contributed by atoms with Crippen molar-refractivity contribution in [1.82, 2.24) is 4.90 Å². The molecule has 0 bridgehead atoms. The Morgan fingerprint density at radius 2 is 1.50 bits per heavy atom. The van der Waals surface area contributed by atoms with Gasteiger partial charge >= 0.3 is 10.1 Å². The molecule has 1 aliphatic heterocycles. The Labute approximate surface area is 223 Å². The average molecular weight is 535 g/mol. The zero-order valence-corrected chi connectivity index (χ0v) is 22.2. The van der Waals surface area contributed by atoms with Crippen molar-refractivity contribution in [3.05, 3.63) is 90.9 Å². The molecule has 0 unspecified atom stereocenters. The van der Waals surface area contributed by atoms with Gasteiger partial charge in [0, 0.05) is 44.0 Å². The van der Waals surface area contributed by atoms with Gasteiger partial charge in [-0.15, -0.1) is 0 Å². The maximum absolute atomic E-state index is 12.8. The summed E-state index contributed by atoms with van der Waals surface area (Å²) in [4.78, 5) is 4.79. The van der Waals surface area contributed by atoms with Gasteiger partial charge < -0.3 is 23.0 Å². The van der Waals surface area contributed by atoms with Crippen molar-refractivity contribution in [2.24, 2.45) is 0 Å². The molecule has 9 heteroatoms. The molecule has 5 rings (SSSR count). The predicted molar refractivity (Wildman–Crippen MR) is 145 cm³/mol. The lowest BCUT2D eigenvalue weighted by Gasteiger charge is -2.36. The van der Waals surface area contributed by atoms with Crippen LogP contribution in [0.1, 0.15) is 5.56 Å². The van der Waals surface area contributed by atoms with Gasteiger partial charge in [0.25, 0.3) is 0 Å². The Hall–Kier alpha value is -3.95. The van der Waals surface area contributed by atoms with Crippen LogP contribution < -0.4 is 18.6 Å². The molecule has 0 spiro atoms. The van der Waals surface area contributed by atoms with E-state index in [9.17, 15) is 8.42 Å². The van der Waals surface area contributed by atoms with Gasteiger partial charge in [0.05, 0.1) is 26.7 Å². The van der Waals surface area contributed by atoms with E-state index in [0.717, 1.165) is 61.0 Å². The Kier molecular flexibility index (Phi) is 7.57. The second kappa shape index (κ2) is 11.2. The Morgan fingerprint density at radius 3 is 2.13 bits per heavy atom. The standard InChI is InChI=1S/C29H30N2O6S/c1-34-28-12-3-22(19-29(28)35-2)20-30-14-16-31(17-15-30)25-6-8-26(9-7-25)37-38(32,33)27-10-4-23(5-11-27)24-13-18-36-21-24/h3-13,18-19,21H,14-17,20H2,1-2H3. The highest BCUT2D eigenvalue weighted by molar-refractivity contribution is 7.87. The smallest absolute Gasteiger partial charge is 0.339 e. The molecule has 1 aliphatic rings.